The zero-order chi connectivity index (χ0) is 14.7. The Morgan fingerprint density at radius 1 is 1.00 bits per heavy atom. The number of hydrogen-bond donors (Lipinski definition) is 2. The first kappa shape index (κ1) is 14.4. The number of thiocarbonyl (C=S) groups is 1. The molecule has 0 atom stereocenters. The van der Waals surface area contributed by atoms with E-state index in [0.29, 0.717) is 0 Å². The van der Waals surface area contributed by atoms with Crippen LogP contribution in [0.15, 0.2) is 36.4 Å². The minimum absolute atomic E-state index is 0.134. The molecule has 2 N–H and O–H groups in total. The molecule has 0 bridgehead atoms. The second-order valence-electron chi connectivity index (χ2n) is 4.45. The third-order valence-electron chi connectivity index (χ3n) is 3.03. The van der Waals surface area contributed by atoms with Crippen molar-refractivity contribution < 1.29 is 8.78 Å². The normalized spacial score (nSPS) is 10.2. The van der Waals surface area contributed by atoms with E-state index in [9.17, 15) is 8.78 Å². The van der Waals surface area contributed by atoms with Crippen molar-refractivity contribution in [2.24, 2.45) is 0 Å². The van der Waals surface area contributed by atoms with Crippen molar-refractivity contribution in [1.29, 1.82) is 0 Å². The first-order chi connectivity index (χ1) is 9.47. The van der Waals surface area contributed by atoms with E-state index in [-0.39, 0.29) is 10.8 Å². The lowest BCUT2D eigenvalue weighted by atomic mass is 10.1. The highest BCUT2D eigenvalue weighted by molar-refractivity contribution is 7.80. The Morgan fingerprint density at radius 2 is 1.70 bits per heavy atom. The van der Waals surface area contributed by atoms with Gasteiger partial charge in [-0.3, -0.25) is 0 Å². The van der Waals surface area contributed by atoms with E-state index in [2.05, 4.69) is 10.6 Å². The van der Waals surface area contributed by atoms with Crippen molar-refractivity contribution in [3.05, 3.63) is 59.2 Å². The fourth-order valence-electron chi connectivity index (χ4n) is 1.75. The fraction of sp³-hybridized carbons (Fsp3) is 0.133. The van der Waals surface area contributed by atoms with Crippen LogP contribution in [0.3, 0.4) is 0 Å². The average molecular weight is 292 g/mol. The molecule has 0 saturated carbocycles. The van der Waals surface area contributed by atoms with Gasteiger partial charge in [0, 0.05) is 11.8 Å². The maximum atomic E-state index is 13.5. The lowest BCUT2D eigenvalue weighted by Crippen LogP contribution is -2.20. The van der Waals surface area contributed by atoms with Crippen LogP contribution in [-0.2, 0) is 0 Å². The Bertz CT molecular complexity index is 656. The van der Waals surface area contributed by atoms with Crippen LogP contribution in [0.2, 0.25) is 0 Å². The molecular formula is C15H14F2N2S. The van der Waals surface area contributed by atoms with Crippen molar-refractivity contribution in [1.82, 2.24) is 0 Å². The van der Waals surface area contributed by atoms with E-state index in [0.717, 1.165) is 22.9 Å². The van der Waals surface area contributed by atoms with Gasteiger partial charge in [0.05, 0.1) is 5.69 Å². The quantitative estimate of drug-likeness (QED) is 0.803. The molecule has 2 aromatic rings. The number of benzene rings is 2. The molecule has 2 rings (SSSR count). The SMILES string of the molecule is Cc1cccc(NC(=S)Nc2ccc(F)cc2F)c1C. The van der Waals surface area contributed by atoms with Crippen LogP contribution in [0.4, 0.5) is 20.2 Å². The summed E-state index contributed by atoms with van der Waals surface area (Å²) in [5, 5.41) is 5.97. The Morgan fingerprint density at radius 3 is 2.40 bits per heavy atom. The van der Waals surface area contributed by atoms with Crippen LogP contribution in [0.25, 0.3) is 0 Å². The van der Waals surface area contributed by atoms with E-state index in [4.69, 9.17) is 12.2 Å². The van der Waals surface area contributed by atoms with Crippen molar-refractivity contribution in [3.63, 3.8) is 0 Å². The minimum Gasteiger partial charge on any atom is -0.332 e. The molecule has 0 saturated heterocycles. The number of nitrogens with one attached hydrogen (secondary N) is 2. The number of hydrogen-bond acceptors (Lipinski definition) is 1. The number of aryl methyl sites for hydroxylation is 1. The summed E-state index contributed by atoms with van der Waals surface area (Å²) in [5.74, 6) is -1.31. The zero-order valence-corrected chi connectivity index (χ0v) is 11.9. The van der Waals surface area contributed by atoms with Gasteiger partial charge >= 0.3 is 0 Å². The topological polar surface area (TPSA) is 24.1 Å². The van der Waals surface area contributed by atoms with Gasteiger partial charge < -0.3 is 10.6 Å². The highest BCUT2D eigenvalue weighted by Gasteiger charge is 2.07. The van der Waals surface area contributed by atoms with Crippen LogP contribution < -0.4 is 10.6 Å². The molecule has 2 nitrogen and oxygen atoms in total. The second kappa shape index (κ2) is 5.96. The minimum atomic E-state index is -0.685. The van der Waals surface area contributed by atoms with E-state index in [1.165, 1.54) is 12.1 Å². The van der Waals surface area contributed by atoms with Gasteiger partial charge in [0.15, 0.2) is 5.11 Å². The Labute approximate surface area is 121 Å². The summed E-state index contributed by atoms with van der Waals surface area (Å²) >= 11 is 5.13. The van der Waals surface area contributed by atoms with Crippen LogP contribution in [0.1, 0.15) is 11.1 Å². The van der Waals surface area contributed by atoms with E-state index < -0.39 is 11.6 Å². The first-order valence-corrected chi connectivity index (χ1v) is 6.47. The summed E-state index contributed by atoms with van der Waals surface area (Å²) in [7, 11) is 0. The molecule has 0 radical (unpaired) electrons. The largest absolute Gasteiger partial charge is 0.332 e. The van der Waals surface area contributed by atoms with Gasteiger partial charge in [0.25, 0.3) is 0 Å². The monoisotopic (exact) mass is 292 g/mol. The van der Waals surface area contributed by atoms with Gasteiger partial charge in [-0.15, -0.1) is 0 Å². The molecule has 5 heteroatoms. The van der Waals surface area contributed by atoms with Crippen LogP contribution in [0, 0.1) is 25.5 Å². The highest BCUT2D eigenvalue weighted by atomic mass is 32.1. The second-order valence-corrected chi connectivity index (χ2v) is 4.86. The van der Waals surface area contributed by atoms with E-state index >= 15 is 0 Å². The summed E-state index contributed by atoms with van der Waals surface area (Å²) in [6, 6.07) is 9.08. The maximum Gasteiger partial charge on any atom is 0.175 e. The Balaban J connectivity index is 2.11. The predicted octanol–water partition coefficient (Wildman–Crippen LogP) is 4.39. The van der Waals surface area contributed by atoms with Gasteiger partial charge in [0.2, 0.25) is 0 Å². The van der Waals surface area contributed by atoms with Gasteiger partial charge in [-0.05, 0) is 55.4 Å². The average Bonchev–Trinajstić information content (AvgIpc) is 2.38. The molecule has 0 aliphatic carbocycles. The van der Waals surface area contributed by atoms with Crippen LogP contribution in [0.5, 0.6) is 0 Å². The lowest BCUT2D eigenvalue weighted by molar-refractivity contribution is 0.586. The van der Waals surface area contributed by atoms with E-state index in [1.54, 1.807) is 0 Å². The molecule has 0 aliphatic heterocycles. The van der Waals surface area contributed by atoms with E-state index in [1.807, 2.05) is 32.0 Å². The summed E-state index contributed by atoms with van der Waals surface area (Å²) in [5.41, 5.74) is 3.18. The lowest BCUT2D eigenvalue weighted by Gasteiger charge is -2.14. The Hall–Kier alpha value is -2.01. The fourth-order valence-corrected chi connectivity index (χ4v) is 1.97. The van der Waals surface area contributed by atoms with Gasteiger partial charge in [0.1, 0.15) is 11.6 Å². The molecule has 0 aliphatic rings. The summed E-state index contributed by atoms with van der Waals surface area (Å²) in [6.45, 7) is 3.97. The highest BCUT2D eigenvalue weighted by Crippen LogP contribution is 2.19. The van der Waals surface area contributed by atoms with Gasteiger partial charge in [-0.2, -0.15) is 0 Å². The van der Waals surface area contributed by atoms with Gasteiger partial charge in [-0.1, -0.05) is 12.1 Å². The molecule has 0 amide bonds. The molecule has 2 aromatic carbocycles. The number of rotatable bonds is 2. The first-order valence-electron chi connectivity index (χ1n) is 6.06. The zero-order valence-electron chi connectivity index (χ0n) is 11.1. The maximum absolute atomic E-state index is 13.5. The van der Waals surface area contributed by atoms with Crippen molar-refractivity contribution in [2.75, 3.05) is 10.6 Å². The molecule has 20 heavy (non-hydrogen) atoms. The molecule has 0 spiro atoms. The molecule has 0 aromatic heterocycles. The summed E-state index contributed by atoms with van der Waals surface area (Å²) in [6.07, 6.45) is 0. The summed E-state index contributed by atoms with van der Waals surface area (Å²) < 4.78 is 26.3. The molecule has 104 valence electrons. The third-order valence-corrected chi connectivity index (χ3v) is 3.24. The number of anilines is 2. The van der Waals surface area contributed by atoms with Crippen molar-refractivity contribution >= 4 is 28.7 Å². The van der Waals surface area contributed by atoms with Crippen LogP contribution >= 0.6 is 12.2 Å². The molecule has 0 fully saturated rings. The molecule has 0 heterocycles. The molecule has 0 unspecified atom stereocenters. The van der Waals surface area contributed by atoms with Gasteiger partial charge in [-0.25, -0.2) is 8.78 Å². The van der Waals surface area contributed by atoms with Crippen molar-refractivity contribution in [3.8, 4) is 0 Å². The smallest absolute Gasteiger partial charge is 0.175 e. The van der Waals surface area contributed by atoms with Crippen molar-refractivity contribution in [2.45, 2.75) is 13.8 Å². The summed E-state index contributed by atoms with van der Waals surface area (Å²) in [4.78, 5) is 0. The Kier molecular flexibility index (Phi) is 4.29. The standard InChI is InChI=1S/C15H14F2N2S/c1-9-4-3-5-13(10(9)2)18-15(20)19-14-7-6-11(16)8-12(14)17/h3-8H,1-2H3,(H2,18,19,20). The van der Waals surface area contributed by atoms with Crippen LogP contribution in [-0.4, -0.2) is 5.11 Å². The predicted molar refractivity (Wildman–Crippen MR) is 82.1 cm³/mol. The number of halogens is 2. The third kappa shape index (κ3) is 3.30. The molecular weight excluding hydrogens is 278 g/mol.